The van der Waals surface area contributed by atoms with Gasteiger partial charge in [0.2, 0.25) is 5.91 Å². The summed E-state index contributed by atoms with van der Waals surface area (Å²) < 4.78 is 0. The Morgan fingerprint density at radius 3 is 2.88 bits per heavy atom. The topological polar surface area (TPSA) is 45.2 Å². The first-order chi connectivity index (χ1) is 11.6. The van der Waals surface area contributed by atoms with E-state index >= 15 is 0 Å². The SMILES string of the molecule is CC(=O)NCc1ccc([C@H]2CCCN2Cc2ccccc2Cl)nc1. The van der Waals surface area contributed by atoms with Gasteiger partial charge in [0.15, 0.2) is 0 Å². The zero-order valence-corrected chi connectivity index (χ0v) is 14.6. The molecule has 0 saturated carbocycles. The molecule has 1 aliphatic rings. The minimum absolute atomic E-state index is 0.0271. The monoisotopic (exact) mass is 343 g/mol. The summed E-state index contributed by atoms with van der Waals surface area (Å²) in [6.45, 7) is 3.95. The zero-order chi connectivity index (χ0) is 16.9. The van der Waals surface area contributed by atoms with E-state index < -0.39 is 0 Å². The van der Waals surface area contributed by atoms with Crippen molar-refractivity contribution in [3.63, 3.8) is 0 Å². The number of likely N-dealkylation sites (tertiary alicyclic amines) is 1. The molecule has 0 spiro atoms. The van der Waals surface area contributed by atoms with Crippen molar-refractivity contribution in [2.45, 2.75) is 38.9 Å². The van der Waals surface area contributed by atoms with Crippen LogP contribution < -0.4 is 5.32 Å². The predicted molar refractivity (Wildman–Crippen MR) is 95.6 cm³/mol. The van der Waals surface area contributed by atoms with Crippen molar-refractivity contribution in [3.05, 3.63) is 64.4 Å². The lowest BCUT2D eigenvalue weighted by molar-refractivity contribution is -0.119. The van der Waals surface area contributed by atoms with E-state index in [1.165, 1.54) is 13.3 Å². The predicted octanol–water partition coefficient (Wildman–Crippen LogP) is 3.71. The first-order valence-corrected chi connectivity index (χ1v) is 8.68. The Kier molecular flexibility index (Phi) is 5.48. The van der Waals surface area contributed by atoms with Crippen molar-refractivity contribution >= 4 is 17.5 Å². The van der Waals surface area contributed by atoms with E-state index in [2.05, 4.69) is 27.3 Å². The van der Waals surface area contributed by atoms with Gasteiger partial charge in [-0.2, -0.15) is 0 Å². The average molecular weight is 344 g/mol. The second kappa shape index (κ2) is 7.77. The second-order valence-electron chi connectivity index (χ2n) is 6.22. The molecular formula is C19H22ClN3O. The minimum Gasteiger partial charge on any atom is -0.352 e. The fraction of sp³-hybridized carbons (Fsp3) is 0.368. The summed E-state index contributed by atoms with van der Waals surface area (Å²) in [4.78, 5) is 18.1. The number of pyridine rings is 1. The van der Waals surface area contributed by atoms with Gasteiger partial charge in [-0.1, -0.05) is 35.9 Å². The average Bonchev–Trinajstić information content (AvgIpc) is 3.04. The van der Waals surface area contributed by atoms with Gasteiger partial charge in [0.25, 0.3) is 0 Å². The van der Waals surface area contributed by atoms with Crippen LogP contribution in [0.5, 0.6) is 0 Å². The van der Waals surface area contributed by atoms with E-state index in [-0.39, 0.29) is 5.91 Å². The Hall–Kier alpha value is -1.91. The number of aromatic nitrogens is 1. The van der Waals surface area contributed by atoms with Gasteiger partial charge in [-0.15, -0.1) is 0 Å². The highest BCUT2D eigenvalue weighted by molar-refractivity contribution is 6.31. The molecule has 1 fully saturated rings. The number of hydrogen-bond acceptors (Lipinski definition) is 3. The number of amides is 1. The Morgan fingerprint density at radius 1 is 1.33 bits per heavy atom. The van der Waals surface area contributed by atoms with Gasteiger partial charge in [-0.05, 0) is 42.6 Å². The molecule has 1 saturated heterocycles. The number of carbonyl (C=O) groups excluding carboxylic acids is 1. The van der Waals surface area contributed by atoms with Gasteiger partial charge in [0.1, 0.15) is 0 Å². The highest BCUT2D eigenvalue weighted by atomic mass is 35.5. The fourth-order valence-corrected chi connectivity index (χ4v) is 3.36. The van der Waals surface area contributed by atoms with E-state index in [4.69, 9.17) is 11.6 Å². The van der Waals surface area contributed by atoms with E-state index in [0.29, 0.717) is 12.6 Å². The molecule has 1 atom stereocenters. The number of nitrogens with one attached hydrogen (secondary N) is 1. The molecule has 3 rings (SSSR count). The van der Waals surface area contributed by atoms with Gasteiger partial charge in [0.05, 0.1) is 11.7 Å². The molecule has 0 unspecified atom stereocenters. The molecule has 1 amide bonds. The van der Waals surface area contributed by atoms with Crippen molar-refractivity contribution in [2.24, 2.45) is 0 Å². The molecule has 0 radical (unpaired) electrons. The van der Waals surface area contributed by atoms with Crippen molar-refractivity contribution in [1.82, 2.24) is 15.2 Å². The highest BCUT2D eigenvalue weighted by Crippen LogP contribution is 2.33. The molecule has 0 aliphatic carbocycles. The maximum absolute atomic E-state index is 11.0. The van der Waals surface area contributed by atoms with Crippen LogP contribution in [0.15, 0.2) is 42.6 Å². The summed E-state index contributed by atoms with van der Waals surface area (Å²) in [5, 5.41) is 3.62. The number of nitrogens with zero attached hydrogens (tertiary/aromatic N) is 2. The van der Waals surface area contributed by atoms with E-state index in [1.807, 2.05) is 30.5 Å². The molecule has 126 valence electrons. The van der Waals surface area contributed by atoms with Gasteiger partial charge in [0, 0.05) is 31.2 Å². The fourth-order valence-electron chi connectivity index (χ4n) is 3.16. The van der Waals surface area contributed by atoms with Crippen LogP contribution in [0.25, 0.3) is 0 Å². The molecule has 5 heteroatoms. The summed E-state index contributed by atoms with van der Waals surface area (Å²) in [5.74, 6) is -0.0271. The van der Waals surface area contributed by atoms with Crippen molar-refractivity contribution in [2.75, 3.05) is 6.54 Å². The number of halogens is 1. The Bertz CT molecular complexity index is 702. The van der Waals surface area contributed by atoms with Crippen molar-refractivity contribution in [3.8, 4) is 0 Å². The number of benzene rings is 1. The van der Waals surface area contributed by atoms with Crippen LogP contribution in [-0.4, -0.2) is 22.3 Å². The molecule has 24 heavy (non-hydrogen) atoms. The number of hydrogen-bond donors (Lipinski definition) is 1. The van der Waals surface area contributed by atoms with Crippen LogP contribution in [0.1, 0.15) is 42.6 Å². The standard InChI is InChI=1S/C19H22ClN3O/c1-14(24)21-11-15-8-9-18(22-12-15)19-7-4-10-23(19)13-16-5-2-3-6-17(16)20/h2-3,5-6,8-9,12,19H,4,7,10-11,13H2,1H3,(H,21,24)/t19-/m1/s1. The molecule has 2 heterocycles. The van der Waals surface area contributed by atoms with E-state index in [9.17, 15) is 4.79 Å². The Morgan fingerprint density at radius 2 is 2.17 bits per heavy atom. The highest BCUT2D eigenvalue weighted by Gasteiger charge is 2.27. The molecule has 1 N–H and O–H groups in total. The quantitative estimate of drug-likeness (QED) is 0.900. The molecule has 1 aromatic heterocycles. The molecule has 2 aromatic rings. The molecule has 4 nitrogen and oxygen atoms in total. The first kappa shape index (κ1) is 16.9. The van der Waals surface area contributed by atoms with Crippen LogP contribution in [0.2, 0.25) is 5.02 Å². The van der Waals surface area contributed by atoms with Gasteiger partial charge in [-0.25, -0.2) is 0 Å². The minimum atomic E-state index is -0.0271. The maximum atomic E-state index is 11.0. The number of carbonyl (C=O) groups is 1. The normalized spacial score (nSPS) is 17.8. The van der Waals surface area contributed by atoms with Gasteiger partial charge in [-0.3, -0.25) is 14.7 Å². The van der Waals surface area contributed by atoms with Crippen LogP contribution in [0.4, 0.5) is 0 Å². The molecule has 0 bridgehead atoms. The maximum Gasteiger partial charge on any atom is 0.217 e. The second-order valence-corrected chi connectivity index (χ2v) is 6.63. The third-order valence-corrected chi connectivity index (χ3v) is 4.79. The summed E-state index contributed by atoms with van der Waals surface area (Å²) in [5.41, 5.74) is 3.27. The van der Waals surface area contributed by atoms with Crippen molar-refractivity contribution < 1.29 is 4.79 Å². The summed E-state index contributed by atoms with van der Waals surface area (Å²) in [7, 11) is 0. The lowest BCUT2D eigenvalue weighted by Gasteiger charge is -2.24. The zero-order valence-electron chi connectivity index (χ0n) is 13.8. The Balaban J connectivity index is 1.69. The van der Waals surface area contributed by atoms with Gasteiger partial charge >= 0.3 is 0 Å². The van der Waals surface area contributed by atoms with E-state index in [0.717, 1.165) is 41.4 Å². The molecule has 1 aromatic carbocycles. The summed E-state index contributed by atoms with van der Waals surface area (Å²) in [6.07, 6.45) is 4.14. The lowest BCUT2D eigenvalue weighted by atomic mass is 10.1. The van der Waals surface area contributed by atoms with Crippen LogP contribution in [0.3, 0.4) is 0 Å². The first-order valence-electron chi connectivity index (χ1n) is 8.30. The largest absolute Gasteiger partial charge is 0.352 e. The van der Waals surface area contributed by atoms with Crippen molar-refractivity contribution in [1.29, 1.82) is 0 Å². The smallest absolute Gasteiger partial charge is 0.217 e. The third kappa shape index (κ3) is 4.13. The van der Waals surface area contributed by atoms with E-state index in [1.54, 1.807) is 0 Å². The molecular weight excluding hydrogens is 322 g/mol. The number of rotatable bonds is 5. The Labute approximate surface area is 147 Å². The van der Waals surface area contributed by atoms with Crippen LogP contribution in [0, 0.1) is 0 Å². The molecule has 1 aliphatic heterocycles. The summed E-state index contributed by atoms with van der Waals surface area (Å²) >= 11 is 6.30. The van der Waals surface area contributed by atoms with Gasteiger partial charge < -0.3 is 5.32 Å². The summed E-state index contributed by atoms with van der Waals surface area (Å²) in [6, 6.07) is 12.5. The van der Waals surface area contributed by atoms with Crippen LogP contribution in [-0.2, 0) is 17.9 Å². The van der Waals surface area contributed by atoms with Crippen LogP contribution >= 0.6 is 11.6 Å². The lowest BCUT2D eigenvalue weighted by Crippen LogP contribution is -2.24. The third-order valence-electron chi connectivity index (χ3n) is 4.43.